The highest BCUT2D eigenvalue weighted by Gasteiger charge is 2.24. The molecule has 0 spiro atoms. The predicted molar refractivity (Wildman–Crippen MR) is 122 cm³/mol. The van der Waals surface area contributed by atoms with Gasteiger partial charge >= 0.3 is 5.69 Å². The van der Waals surface area contributed by atoms with Crippen molar-refractivity contribution >= 4 is 5.84 Å². The van der Waals surface area contributed by atoms with Crippen LogP contribution in [0.25, 0.3) is 5.82 Å². The number of rotatable bonds is 8. The highest BCUT2D eigenvalue weighted by Crippen LogP contribution is 2.30. The van der Waals surface area contributed by atoms with Crippen LogP contribution < -0.4 is 20.9 Å². The fourth-order valence-electron chi connectivity index (χ4n) is 3.51. The average Bonchev–Trinajstić information content (AvgIpc) is 3.23. The van der Waals surface area contributed by atoms with Crippen molar-refractivity contribution in [2.24, 2.45) is 5.73 Å². The lowest BCUT2D eigenvalue weighted by molar-refractivity contribution is 0.363. The minimum Gasteiger partial charge on any atom is -0.481 e. The molecule has 0 saturated carbocycles. The number of nitrogen functional groups attached to an aromatic ring is 1. The highest BCUT2D eigenvalue weighted by atomic mass is 19.1. The third kappa shape index (κ3) is 4.63. The Hall–Kier alpha value is -4.54. The van der Waals surface area contributed by atoms with E-state index in [4.69, 9.17) is 20.6 Å². The van der Waals surface area contributed by atoms with Crippen LogP contribution in [0.15, 0.2) is 59.5 Å². The maximum atomic E-state index is 14.3. The number of H-pyrrole nitrogens is 1. The van der Waals surface area contributed by atoms with E-state index in [1.165, 1.54) is 32.5 Å². The van der Waals surface area contributed by atoms with Gasteiger partial charge in [0.2, 0.25) is 11.8 Å². The van der Waals surface area contributed by atoms with Gasteiger partial charge in [0.1, 0.15) is 11.7 Å². The molecule has 1 aromatic carbocycles. The van der Waals surface area contributed by atoms with Gasteiger partial charge in [-0.2, -0.15) is 9.67 Å². The summed E-state index contributed by atoms with van der Waals surface area (Å²) >= 11 is 0. The normalized spacial score (nSPS) is 11.7. The van der Waals surface area contributed by atoms with Gasteiger partial charge < -0.3 is 15.2 Å². The number of aromatic nitrogens is 5. The average molecular weight is 463 g/mol. The molecule has 3 heterocycles. The Morgan fingerprint density at radius 3 is 2.44 bits per heavy atom. The molecule has 0 aliphatic carbocycles. The van der Waals surface area contributed by atoms with Crippen molar-refractivity contribution in [3.05, 3.63) is 93.5 Å². The van der Waals surface area contributed by atoms with Gasteiger partial charge in [-0.25, -0.2) is 14.2 Å². The lowest BCUT2D eigenvalue weighted by atomic mass is 9.91. The lowest BCUT2D eigenvalue weighted by Crippen LogP contribution is -2.18. The lowest BCUT2D eigenvalue weighted by Gasteiger charge is -2.17. The monoisotopic (exact) mass is 463 g/mol. The molecule has 4 N–H and O–H groups in total. The number of pyridine rings is 2. The van der Waals surface area contributed by atoms with E-state index in [1.54, 1.807) is 24.3 Å². The third-order valence-electron chi connectivity index (χ3n) is 5.23. The van der Waals surface area contributed by atoms with Gasteiger partial charge in [-0.3, -0.25) is 10.4 Å². The van der Waals surface area contributed by atoms with Gasteiger partial charge in [-0.15, -0.1) is 5.10 Å². The van der Waals surface area contributed by atoms with E-state index in [0.717, 1.165) is 10.2 Å². The standard InChI is InChI=1S/C23H22FN7O3/c1-33-18-11-15(12-19(28-18)34-2)16(10-13-5-7-14(8-6-13)20(25)26)21-29-23(32)31(30-21)22-17(24)4-3-9-27-22/h3-9,11-12,16H,10H2,1-2H3,(H3,25,26)(H,29,30,32). The van der Waals surface area contributed by atoms with Gasteiger partial charge in [0, 0.05) is 29.8 Å². The number of benzene rings is 1. The molecule has 1 unspecified atom stereocenters. The first-order valence-electron chi connectivity index (χ1n) is 10.2. The van der Waals surface area contributed by atoms with E-state index in [1.807, 2.05) is 12.1 Å². The largest absolute Gasteiger partial charge is 0.481 e. The molecular formula is C23H22FN7O3. The maximum absolute atomic E-state index is 14.3. The summed E-state index contributed by atoms with van der Waals surface area (Å²) < 4.78 is 25.8. The van der Waals surface area contributed by atoms with E-state index < -0.39 is 17.4 Å². The van der Waals surface area contributed by atoms with E-state index in [9.17, 15) is 9.18 Å². The van der Waals surface area contributed by atoms with Gasteiger partial charge in [0.05, 0.1) is 14.2 Å². The smallest absolute Gasteiger partial charge is 0.349 e. The quantitative estimate of drug-likeness (QED) is 0.268. The summed E-state index contributed by atoms with van der Waals surface area (Å²) in [5.74, 6) is -0.453. The number of hydrogen-bond donors (Lipinski definition) is 3. The van der Waals surface area contributed by atoms with Gasteiger partial charge in [-0.05, 0) is 29.7 Å². The Bertz CT molecular complexity index is 1360. The number of hydrogen-bond acceptors (Lipinski definition) is 7. The SMILES string of the molecule is COc1cc(C(Cc2ccc(C(=N)N)cc2)c2nn(-c3ncccc3F)c(=O)[nH]2)cc(OC)n1. The zero-order valence-electron chi connectivity index (χ0n) is 18.4. The van der Waals surface area contributed by atoms with Crippen molar-refractivity contribution in [3.8, 4) is 17.6 Å². The van der Waals surface area contributed by atoms with Crippen LogP contribution in [-0.4, -0.2) is 44.8 Å². The zero-order valence-corrected chi connectivity index (χ0v) is 18.4. The molecule has 0 saturated heterocycles. The molecule has 4 aromatic rings. The molecule has 3 aromatic heterocycles. The summed E-state index contributed by atoms with van der Waals surface area (Å²) in [4.78, 5) is 23.6. The Morgan fingerprint density at radius 1 is 1.18 bits per heavy atom. The van der Waals surface area contributed by atoms with Crippen LogP contribution in [0.4, 0.5) is 4.39 Å². The Kier molecular flexibility index (Phi) is 6.35. The van der Waals surface area contributed by atoms with Gasteiger partial charge in [0.25, 0.3) is 0 Å². The van der Waals surface area contributed by atoms with E-state index >= 15 is 0 Å². The van der Waals surface area contributed by atoms with Crippen LogP contribution in [0, 0.1) is 11.2 Å². The second kappa shape index (κ2) is 9.53. The number of amidine groups is 1. The number of halogens is 1. The molecular weight excluding hydrogens is 441 g/mol. The van der Waals surface area contributed by atoms with Crippen molar-refractivity contribution in [1.82, 2.24) is 24.7 Å². The first kappa shape index (κ1) is 22.6. The van der Waals surface area contributed by atoms with Gasteiger partial charge in [-0.1, -0.05) is 24.3 Å². The molecule has 11 heteroatoms. The van der Waals surface area contributed by atoms with Crippen molar-refractivity contribution in [1.29, 1.82) is 5.41 Å². The van der Waals surface area contributed by atoms with Gasteiger partial charge in [0.15, 0.2) is 11.6 Å². The minimum atomic E-state index is -0.675. The van der Waals surface area contributed by atoms with Crippen LogP contribution in [0.2, 0.25) is 0 Å². The zero-order chi connectivity index (χ0) is 24.2. The number of nitrogens with two attached hydrogens (primary N) is 1. The molecule has 0 fully saturated rings. The minimum absolute atomic E-state index is 0.0350. The van der Waals surface area contributed by atoms with Crippen molar-refractivity contribution < 1.29 is 13.9 Å². The van der Waals surface area contributed by atoms with E-state index in [-0.39, 0.29) is 11.7 Å². The molecule has 0 aliphatic heterocycles. The summed E-state index contributed by atoms with van der Waals surface area (Å²) in [7, 11) is 2.98. The number of nitrogens with one attached hydrogen (secondary N) is 2. The van der Waals surface area contributed by atoms with Crippen LogP contribution in [0.1, 0.15) is 28.4 Å². The van der Waals surface area contributed by atoms with Crippen molar-refractivity contribution in [2.75, 3.05) is 14.2 Å². The number of ether oxygens (including phenoxy) is 2. The fourth-order valence-corrected chi connectivity index (χ4v) is 3.51. The summed E-state index contributed by atoms with van der Waals surface area (Å²) in [6, 6.07) is 13.2. The molecule has 1 atom stereocenters. The molecule has 0 aliphatic rings. The molecule has 174 valence electrons. The second-order valence-electron chi connectivity index (χ2n) is 7.39. The highest BCUT2D eigenvalue weighted by molar-refractivity contribution is 5.94. The first-order valence-corrected chi connectivity index (χ1v) is 10.2. The molecule has 0 bridgehead atoms. The second-order valence-corrected chi connectivity index (χ2v) is 7.39. The number of methoxy groups -OCH3 is 2. The fraction of sp³-hybridized carbons (Fsp3) is 0.174. The Balaban J connectivity index is 1.82. The predicted octanol–water partition coefficient (Wildman–Crippen LogP) is 2.17. The molecule has 4 rings (SSSR count). The molecule has 34 heavy (non-hydrogen) atoms. The molecule has 0 amide bonds. The van der Waals surface area contributed by atoms with Crippen molar-refractivity contribution in [2.45, 2.75) is 12.3 Å². The summed E-state index contributed by atoms with van der Waals surface area (Å²) in [6.45, 7) is 0. The Morgan fingerprint density at radius 2 is 1.85 bits per heavy atom. The number of aromatic amines is 1. The van der Waals surface area contributed by atoms with Crippen LogP contribution in [0.5, 0.6) is 11.8 Å². The van der Waals surface area contributed by atoms with Crippen LogP contribution >= 0.6 is 0 Å². The summed E-state index contributed by atoms with van der Waals surface area (Å²) in [5, 5.41) is 11.9. The third-order valence-corrected chi connectivity index (χ3v) is 5.23. The first-order chi connectivity index (χ1) is 16.4. The van der Waals surface area contributed by atoms with Crippen molar-refractivity contribution in [3.63, 3.8) is 0 Å². The molecule has 0 radical (unpaired) electrons. The van der Waals surface area contributed by atoms with Crippen LogP contribution in [-0.2, 0) is 6.42 Å². The summed E-state index contributed by atoms with van der Waals surface area (Å²) in [6.07, 6.45) is 1.79. The number of nitrogens with zero attached hydrogens (tertiary/aromatic N) is 4. The summed E-state index contributed by atoms with van der Waals surface area (Å²) in [5.41, 5.74) is 7.13. The van der Waals surface area contributed by atoms with Crippen LogP contribution in [0.3, 0.4) is 0 Å². The topological polar surface area (TPSA) is 145 Å². The molecule has 10 nitrogen and oxygen atoms in total. The Labute approximate surface area is 193 Å². The maximum Gasteiger partial charge on any atom is 0.349 e. The van der Waals surface area contributed by atoms with E-state index in [0.29, 0.717) is 35.1 Å². The van der Waals surface area contributed by atoms with E-state index in [2.05, 4.69) is 20.1 Å².